The van der Waals surface area contributed by atoms with Gasteiger partial charge in [-0.1, -0.05) is 24.3 Å². The fourth-order valence-corrected chi connectivity index (χ4v) is 4.55. The van der Waals surface area contributed by atoms with Gasteiger partial charge in [0.15, 0.2) is 11.5 Å². The number of pyridine rings is 1. The van der Waals surface area contributed by atoms with Gasteiger partial charge in [0.1, 0.15) is 5.76 Å². The predicted octanol–water partition coefficient (Wildman–Crippen LogP) is 3.91. The van der Waals surface area contributed by atoms with Crippen molar-refractivity contribution in [3.63, 3.8) is 0 Å². The van der Waals surface area contributed by atoms with E-state index in [4.69, 9.17) is 9.47 Å². The monoisotopic (exact) mass is 453 g/mol. The molecule has 0 radical (unpaired) electrons. The van der Waals surface area contributed by atoms with E-state index >= 15 is 0 Å². The number of aromatic nitrogens is 2. The van der Waals surface area contributed by atoms with Crippen LogP contribution in [0.3, 0.4) is 0 Å². The SMILES string of the molecule is O=C1C(=O)N(Cc2ccccn2)C(c2c[nH]c3ccccc23)/C1=C(\O)c1ccc2c(c1)OCO2. The van der Waals surface area contributed by atoms with Crippen LogP contribution in [0.2, 0.25) is 0 Å². The van der Waals surface area contributed by atoms with Crippen molar-refractivity contribution in [3.05, 3.63) is 95.5 Å². The maximum atomic E-state index is 13.3. The summed E-state index contributed by atoms with van der Waals surface area (Å²) in [4.78, 5) is 35.5. The zero-order valence-electron chi connectivity index (χ0n) is 17.9. The highest BCUT2D eigenvalue weighted by Gasteiger charge is 2.47. The number of rotatable bonds is 4. The number of hydrogen-bond acceptors (Lipinski definition) is 6. The van der Waals surface area contributed by atoms with Gasteiger partial charge < -0.3 is 24.5 Å². The molecule has 4 aromatic rings. The number of nitrogens with zero attached hydrogens (tertiary/aromatic N) is 2. The van der Waals surface area contributed by atoms with E-state index < -0.39 is 17.7 Å². The number of ether oxygens (including phenoxy) is 2. The molecule has 1 fully saturated rings. The van der Waals surface area contributed by atoms with Gasteiger partial charge in [-0.05, 0) is 36.4 Å². The van der Waals surface area contributed by atoms with Crippen LogP contribution in [-0.4, -0.2) is 38.5 Å². The zero-order valence-corrected chi connectivity index (χ0v) is 17.9. The molecular formula is C26H19N3O5. The smallest absolute Gasteiger partial charge is 0.296 e. The number of hydrogen-bond donors (Lipinski definition) is 2. The summed E-state index contributed by atoms with van der Waals surface area (Å²) >= 11 is 0. The molecule has 168 valence electrons. The molecule has 2 N–H and O–H groups in total. The Bertz CT molecular complexity index is 1470. The van der Waals surface area contributed by atoms with Gasteiger partial charge in [-0.25, -0.2) is 0 Å². The molecule has 2 aromatic heterocycles. The number of aromatic amines is 1. The van der Waals surface area contributed by atoms with Crippen molar-refractivity contribution in [2.75, 3.05) is 6.79 Å². The number of likely N-dealkylation sites (tertiary alicyclic amines) is 1. The van der Waals surface area contributed by atoms with Crippen LogP contribution < -0.4 is 9.47 Å². The fourth-order valence-electron chi connectivity index (χ4n) is 4.55. The molecule has 8 heteroatoms. The standard InChI is InChI=1S/C26H19N3O5/c30-24(15-8-9-20-21(11-15)34-14-33-20)22-23(18-12-28-19-7-2-1-6-17(18)19)29(26(32)25(22)31)13-16-5-3-4-10-27-16/h1-12,23,28,30H,13-14H2/b24-22+. The number of para-hydroxylation sites is 1. The van der Waals surface area contributed by atoms with Crippen molar-refractivity contribution in [3.8, 4) is 11.5 Å². The largest absolute Gasteiger partial charge is 0.507 e. The van der Waals surface area contributed by atoms with Gasteiger partial charge in [0.05, 0.1) is 23.9 Å². The van der Waals surface area contributed by atoms with E-state index in [2.05, 4.69) is 9.97 Å². The first kappa shape index (κ1) is 20.0. The topological polar surface area (TPSA) is 105 Å². The number of carbonyl (C=O) groups excluding carboxylic acids is 2. The molecule has 2 aliphatic rings. The lowest BCUT2D eigenvalue weighted by Crippen LogP contribution is -2.29. The highest BCUT2D eigenvalue weighted by molar-refractivity contribution is 6.46. The number of carbonyl (C=O) groups is 2. The van der Waals surface area contributed by atoms with Crippen molar-refractivity contribution in [2.45, 2.75) is 12.6 Å². The first-order valence-corrected chi connectivity index (χ1v) is 10.8. The molecule has 1 saturated heterocycles. The van der Waals surface area contributed by atoms with Gasteiger partial charge in [0, 0.05) is 34.4 Å². The van der Waals surface area contributed by atoms with Gasteiger partial charge in [-0.15, -0.1) is 0 Å². The van der Waals surface area contributed by atoms with Crippen LogP contribution in [0.5, 0.6) is 11.5 Å². The average Bonchev–Trinajstić information content (AvgIpc) is 3.57. The summed E-state index contributed by atoms with van der Waals surface area (Å²) in [5, 5.41) is 12.2. The zero-order chi connectivity index (χ0) is 23.2. The average molecular weight is 453 g/mol. The number of nitrogens with one attached hydrogen (secondary N) is 1. The maximum absolute atomic E-state index is 13.3. The summed E-state index contributed by atoms with van der Waals surface area (Å²) in [6, 6.07) is 17.2. The van der Waals surface area contributed by atoms with Gasteiger partial charge in [-0.2, -0.15) is 0 Å². The minimum absolute atomic E-state index is 0.0181. The van der Waals surface area contributed by atoms with Crippen molar-refractivity contribution >= 4 is 28.4 Å². The second-order valence-corrected chi connectivity index (χ2v) is 8.11. The van der Waals surface area contributed by atoms with Crippen molar-refractivity contribution < 1.29 is 24.2 Å². The predicted molar refractivity (Wildman–Crippen MR) is 123 cm³/mol. The Morgan fingerprint density at radius 2 is 1.88 bits per heavy atom. The lowest BCUT2D eigenvalue weighted by atomic mass is 9.94. The van der Waals surface area contributed by atoms with Crippen LogP contribution in [0.1, 0.15) is 22.9 Å². The minimum Gasteiger partial charge on any atom is -0.507 e. The van der Waals surface area contributed by atoms with Crippen molar-refractivity contribution in [1.82, 2.24) is 14.9 Å². The summed E-state index contributed by atoms with van der Waals surface area (Å²) in [6.07, 6.45) is 3.42. The van der Waals surface area contributed by atoms with Crippen LogP contribution in [0.15, 0.2) is 78.6 Å². The molecule has 1 amide bonds. The Morgan fingerprint density at radius 3 is 2.74 bits per heavy atom. The number of H-pyrrole nitrogens is 1. The molecule has 6 rings (SSSR count). The lowest BCUT2D eigenvalue weighted by Gasteiger charge is -2.24. The summed E-state index contributed by atoms with van der Waals surface area (Å²) < 4.78 is 10.8. The second kappa shape index (κ2) is 7.77. The molecule has 0 spiro atoms. The van der Waals surface area contributed by atoms with E-state index in [1.165, 1.54) is 4.90 Å². The molecule has 0 bridgehead atoms. The van der Waals surface area contributed by atoms with Crippen molar-refractivity contribution in [1.29, 1.82) is 0 Å². The third kappa shape index (κ3) is 3.11. The molecule has 1 unspecified atom stereocenters. The highest BCUT2D eigenvalue weighted by atomic mass is 16.7. The van der Waals surface area contributed by atoms with Crippen LogP contribution in [-0.2, 0) is 16.1 Å². The third-order valence-electron chi connectivity index (χ3n) is 6.16. The van der Waals surface area contributed by atoms with E-state index in [0.717, 1.165) is 10.9 Å². The summed E-state index contributed by atoms with van der Waals surface area (Å²) in [5.74, 6) is -0.684. The number of aliphatic hydroxyl groups excluding tert-OH is 1. The van der Waals surface area contributed by atoms with Gasteiger partial charge in [-0.3, -0.25) is 14.6 Å². The number of fused-ring (bicyclic) bond motifs is 2. The van der Waals surface area contributed by atoms with E-state index in [0.29, 0.717) is 28.3 Å². The van der Waals surface area contributed by atoms with E-state index in [-0.39, 0.29) is 24.7 Å². The Morgan fingerprint density at radius 1 is 1.06 bits per heavy atom. The molecule has 2 aliphatic heterocycles. The number of benzene rings is 2. The molecule has 4 heterocycles. The van der Waals surface area contributed by atoms with Crippen molar-refractivity contribution in [2.24, 2.45) is 0 Å². The van der Waals surface area contributed by atoms with Gasteiger partial charge >= 0.3 is 0 Å². The summed E-state index contributed by atoms with van der Waals surface area (Å²) in [5.41, 5.74) is 2.60. The number of ketones is 1. The number of Topliss-reactive ketones (excluding diaryl/α,β-unsaturated/α-hetero) is 1. The molecule has 0 saturated carbocycles. The number of aliphatic hydroxyl groups is 1. The maximum Gasteiger partial charge on any atom is 0.296 e. The second-order valence-electron chi connectivity index (χ2n) is 8.11. The van der Waals surface area contributed by atoms with E-state index in [9.17, 15) is 14.7 Å². The van der Waals surface area contributed by atoms with Crippen LogP contribution in [0.25, 0.3) is 16.7 Å². The molecular weight excluding hydrogens is 434 g/mol. The first-order valence-electron chi connectivity index (χ1n) is 10.8. The van der Waals surface area contributed by atoms with Gasteiger partial charge in [0.25, 0.3) is 11.7 Å². The Labute approximate surface area is 194 Å². The summed E-state index contributed by atoms with van der Waals surface area (Å²) in [6.45, 7) is 0.205. The first-order chi connectivity index (χ1) is 16.6. The van der Waals surface area contributed by atoms with E-state index in [1.54, 1.807) is 42.7 Å². The van der Waals surface area contributed by atoms with Crippen LogP contribution in [0, 0.1) is 0 Å². The molecule has 0 aliphatic carbocycles. The summed E-state index contributed by atoms with van der Waals surface area (Å²) in [7, 11) is 0. The molecule has 8 nitrogen and oxygen atoms in total. The van der Waals surface area contributed by atoms with Crippen LogP contribution in [0.4, 0.5) is 0 Å². The lowest BCUT2D eigenvalue weighted by molar-refractivity contribution is -0.140. The third-order valence-corrected chi connectivity index (χ3v) is 6.16. The molecule has 2 aromatic carbocycles. The highest BCUT2D eigenvalue weighted by Crippen LogP contribution is 2.43. The van der Waals surface area contributed by atoms with Crippen LogP contribution >= 0.6 is 0 Å². The number of amides is 1. The minimum atomic E-state index is -0.802. The van der Waals surface area contributed by atoms with Gasteiger partial charge in [0.2, 0.25) is 6.79 Å². The Kier molecular flexibility index (Phi) is 4.58. The Hall–Kier alpha value is -4.59. The quantitative estimate of drug-likeness (QED) is 0.276. The Balaban J connectivity index is 1.53. The normalized spacial score (nSPS) is 18.7. The molecule has 1 atom stereocenters. The molecule has 34 heavy (non-hydrogen) atoms. The fraction of sp³-hybridized carbons (Fsp3) is 0.115. The van der Waals surface area contributed by atoms with E-state index in [1.807, 2.05) is 30.3 Å².